The molecule has 1 amide bonds. The summed E-state index contributed by atoms with van der Waals surface area (Å²) in [6, 6.07) is 12.4. The lowest BCUT2D eigenvalue weighted by molar-refractivity contribution is 0.102. The van der Waals surface area contributed by atoms with Gasteiger partial charge < -0.3 is 9.47 Å². The second-order valence-electron chi connectivity index (χ2n) is 6.11. The van der Waals surface area contributed by atoms with Crippen LogP contribution < -0.4 is 14.8 Å². The maximum Gasteiger partial charge on any atom is 0.257 e. The molecule has 4 rings (SSSR count). The minimum absolute atomic E-state index is 0.314. The van der Waals surface area contributed by atoms with Gasteiger partial charge in [-0.1, -0.05) is 11.3 Å². The van der Waals surface area contributed by atoms with Crippen LogP contribution in [0.1, 0.15) is 15.9 Å². The molecule has 8 nitrogen and oxygen atoms in total. The molecule has 0 aliphatic rings. The largest absolute Gasteiger partial charge is 0.493 e. The van der Waals surface area contributed by atoms with Crippen molar-refractivity contribution in [2.75, 3.05) is 12.4 Å². The molecule has 3 heterocycles. The Morgan fingerprint density at radius 2 is 1.70 bits per heavy atom. The van der Waals surface area contributed by atoms with E-state index in [0.29, 0.717) is 33.8 Å². The molecule has 0 aliphatic carbocycles. The average Bonchev–Trinajstić information content (AvgIpc) is 3.27. The summed E-state index contributed by atoms with van der Waals surface area (Å²) >= 11 is 1.28. The maximum absolute atomic E-state index is 12.6. The zero-order valence-corrected chi connectivity index (χ0v) is 16.8. The number of amides is 1. The predicted octanol–water partition coefficient (Wildman–Crippen LogP) is 3.84. The molecule has 0 fully saturated rings. The summed E-state index contributed by atoms with van der Waals surface area (Å²) in [5.41, 5.74) is 2.29. The summed E-state index contributed by atoms with van der Waals surface area (Å²) in [5, 5.41) is 12.0. The summed E-state index contributed by atoms with van der Waals surface area (Å²) in [4.78, 5) is 20.6. The van der Waals surface area contributed by atoms with Crippen LogP contribution in [0.25, 0.3) is 10.6 Å². The number of carbonyl (C=O) groups excluding carboxylic acids is 1. The molecule has 0 saturated carbocycles. The molecule has 0 radical (unpaired) electrons. The highest BCUT2D eigenvalue weighted by molar-refractivity contribution is 7.18. The van der Waals surface area contributed by atoms with E-state index >= 15 is 0 Å². The van der Waals surface area contributed by atoms with E-state index < -0.39 is 0 Å². The van der Waals surface area contributed by atoms with Crippen molar-refractivity contribution in [2.45, 2.75) is 6.61 Å². The molecule has 0 atom stereocenters. The van der Waals surface area contributed by atoms with Crippen molar-refractivity contribution in [1.29, 1.82) is 0 Å². The zero-order valence-electron chi connectivity index (χ0n) is 16.0. The third-order valence-corrected chi connectivity index (χ3v) is 5.03. The second kappa shape index (κ2) is 9.10. The van der Waals surface area contributed by atoms with Crippen molar-refractivity contribution in [2.24, 2.45) is 0 Å². The molecule has 0 unspecified atom stereocenters. The molecule has 150 valence electrons. The fourth-order valence-corrected chi connectivity index (χ4v) is 3.37. The summed E-state index contributed by atoms with van der Waals surface area (Å²) in [7, 11) is 1.53. The lowest BCUT2D eigenvalue weighted by Crippen LogP contribution is -2.12. The van der Waals surface area contributed by atoms with E-state index in [-0.39, 0.29) is 5.91 Å². The lowest BCUT2D eigenvalue weighted by atomic mass is 10.2. The number of nitrogens with zero attached hydrogens (tertiary/aromatic N) is 4. The number of hydrogen-bond acceptors (Lipinski definition) is 8. The Labute approximate surface area is 176 Å². The van der Waals surface area contributed by atoms with Gasteiger partial charge in [0.15, 0.2) is 11.5 Å². The van der Waals surface area contributed by atoms with Crippen molar-refractivity contribution >= 4 is 22.4 Å². The van der Waals surface area contributed by atoms with Crippen LogP contribution in [-0.4, -0.2) is 33.2 Å². The number of aromatic nitrogens is 4. The minimum atomic E-state index is -0.314. The van der Waals surface area contributed by atoms with Gasteiger partial charge in [0.05, 0.1) is 7.11 Å². The van der Waals surface area contributed by atoms with E-state index in [2.05, 4.69) is 25.5 Å². The van der Waals surface area contributed by atoms with Crippen molar-refractivity contribution in [1.82, 2.24) is 20.2 Å². The molecular formula is C21H17N5O3S. The van der Waals surface area contributed by atoms with Gasteiger partial charge in [0, 0.05) is 35.9 Å². The van der Waals surface area contributed by atoms with Crippen LogP contribution in [0.5, 0.6) is 11.5 Å². The average molecular weight is 419 g/mol. The highest BCUT2D eigenvalue weighted by atomic mass is 32.1. The van der Waals surface area contributed by atoms with E-state index in [1.54, 1.807) is 43.0 Å². The van der Waals surface area contributed by atoms with Crippen molar-refractivity contribution in [3.05, 3.63) is 78.4 Å². The first-order valence-corrected chi connectivity index (χ1v) is 9.79. The third-order valence-electron chi connectivity index (χ3n) is 4.14. The molecule has 0 spiro atoms. The SMILES string of the molecule is COc1cc(C(=O)Nc2nnc(-c3ccncc3)s2)ccc1OCc1ccncc1. The smallest absolute Gasteiger partial charge is 0.257 e. The second-order valence-corrected chi connectivity index (χ2v) is 7.09. The Bertz CT molecular complexity index is 1140. The summed E-state index contributed by atoms with van der Waals surface area (Å²) < 4.78 is 11.2. The van der Waals surface area contributed by atoms with Gasteiger partial charge >= 0.3 is 0 Å². The van der Waals surface area contributed by atoms with Crippen LogP contribution in [0.3, 0.4) is 0 Å². The number of nitrogens with one attached hydrogen (secondary N) is 1. The zero-order chi connectivity index (χ0) is 20.8. The normalized spacial score (nSPS) is 10.4. The Morgan fingerprint density at radius 3 is 2.43 bits per heavy atom. The number of methoxy groups -OCH3 is 1. The van der Waals surface area contributed by atoms with Gasteiger partial charge in [-0.2, -0.15) is 0 Å². The van der Waals surface area contributed by atoms with E-state index in [1.807, 2.05) is 24.3 Å². The molecule has 9 heteroatoms. The topological polar surface area (TPSA) is 99.1 Å². The predicted molar refractivity (Wildman–Crippen MR) is 113 cm³/mol. The number of carbonyl (C=O) groups is 1. The lowest BCUT2D eigenvalue weighted by Gasteiger charge is -2.12. The molecule has 0 aliphatic heterocycles. The van der Waals surface area contributed by atoms with Crippen LogP contribution in [0.4, 0.5) is 5.13 Å². The minimum Gasteiger partial charge on any atom is -0.493 e. The Balaban J connectivity index is 1.44. The fraction of sp³-hybridized carbons (Fsp3) is 0.0952. The van der Waals surface area contributed by atoms with E-state index in [0.717, 1.165) is 11.1 Å². The number of rotatable bonds is 7. The van der Waals surface area contributed by atoms with E-state index in [1.165, 1.54) is 18.4 Å². The first-order chi connectivity index (χ1) is 14.7. The Hall–Kier alpha value is -3.85. The van der Waals surface area contributed by atoms with Gasteiger partial charge in [0.1, 0.15) is 11.6 Å². The number of ether oxygens (including phenoxy) is 2. The molecule has 4 aromatic rings. The molecular weight excluding hydrogens is 402 g/mol. The number of benzene rings is 1. The van der Waals surface area contributed by atoms with Crippen molar-refractivity contribution in [3.8, 4) is 22.1 Å². The van der Waals surface area contributed by atoms with Gasteiger partial charge in [-0.15, -0.1) is 10.2 Å². The first-order valence-electron chi connectivity index (χ1n) is 8.98. The van der Waals surface area contributed by atoms with Crippen molar-refractivity contribution < 1.29 is 14.3 Å². The quantitative estimate of drug-likeness (QED) is 0.486. The summed E-state index contributed by atoms with van der Waals surface area (Å²) in [6.45, 7) is 0.368. The number of pyridine rings is 2. The van der Waals surface area contributed by atoms with E-state index in [4.69, 9.17) is 9.47 Å². The van der Waals surface area contributed by atoms with Gasteiger partial charge in [-0.25, -0.2) is 0 Å². The Morgan fingerprint density at radius 1 is 0.967 bits per heavy atom. The molecule has 1 aromatic carbocycles. The number of hydrogen-bond donors (Lipinski definition) is 1. The summed E-state index contributed by atoms with van der Waals surface area (Å²) in [5.74, 6) is 0.694. The van der Waals surface area contributed by atoms with Crippen LogP contribution >= 0.6 is 11.3 Å². The third kappa shape index (κ3) is 4.58. The van der Waals surface area contributed by atoms with Crippen LogP contribution in [-0.2, 0) is 6.61 Å². The van der Waals surface area contributed by atoms with Crippen LogP contribution in [0.15, 0.2) is 67.3 Å². The van der Waals surface area contributed by atoms with Crippen LogP contribution in [0, 0.1) is 0 Å². The molecule has 0 bridgehead atoms. The van der Waals surface area contributed by atoms with Crippen LogP contribution in [0.2, 0.25) is 0 Å². The van der Waals surface area contributed by atoms with E-state index in [9.17, 15) is 4.79 Å². The molecule has 30 heavy (non-hydrogen) atoms. The highest BCUT2D eigenvalue weighted by Crippen LogP contribution is 2.30. The first kappa shape index (κ1) is 19.5. The molecule has 0 saturated heterocycles. The fourth-order valence-electron chi connectivity index (χ4n) is 2.62. The molecule has 1 N–H and O–H groups in total. The van der Waals surface area contributed by atoms with Gasteiger partial charge in [-0.3, -0.25) is 20.1 Å². The Kier molecular flexibility index (Phi) is 5.90. The van der Waals surface area contributed by atoms with Gasteiger partial charge in [-0.05, 0) is 48.0 Å². The summed E-state index contributed by atoms with van der Waals surface area (Å²) in [6.07, 6.45) is 6.77. The van der Waals surface area contributed by atoms with Gasteiger partial charge in [0.25, 0.3) is 5.91 Å². The van der Waals surface area contributed by atoms with Gasteiger partial charge in [0.2, 0.25) is 5.13 Å². The maximum atomic E-state index is 12.6. The monoisotopic (exact) mass is 419 g/mol. The molecule has 3 aromatic heterocycles. The highest BCUT2D eigenvalue weighted by Gasteiger charge is 2.14. The standard InChI is InChI=1S/C21H17N5O3S/c1-28-18-12-16(2-3-17(18)29-13-14-4-8-22-9-5-14)19(27)24-21-26-25-20(30-21)15-6-10-23-11-7-15/h2-12H,13H2,1H3,(H,24,26,27). The number of anilines is 1. The van der Waals surface area contributed by atoms with Crippen molar-refractivity contribution in [3.63, 3.8) is 0 Å².